The van der Waals surface area contributed by atoms with Crippen LogP contribution >= 0.6 is 0 Å². The number of carbonyl (C=O) groups is 3. The molecule has 0 amide bonds. The van der Waals surface area contributed by atoms with Crippen LogP contribution in [-0.2, 0) is 28.6 Å². The molecule has 434 valence electrons. The number of hydrogen-bond donors (Lipinski definition) is 0. The summed E-state index contributed by atoms with van der Waals surface area (Å²) in [5.41, 5.74) is 0. The highest BCUT2D eigenvalue weighted by Crippen LogP contribution is 2.17. The second-order valence-corrected chi connectivity index (χ2v) is 21.6. The van der Waals surface area contributed by atoms with Crippen LogP contribution in [0.5, 0.6) is 0 Å². The molecular formula is C69H122O6. The molecule has 0 fully saturated rings. The Hall–Kier alpha value is -3.15. The van der Waals surface area contributed by atoms with Gasteiger partial charge in [-0.1, -0.05) is 293 Å². The molecule has 0 aliphatic carbocycles. The molecule has 0 saturated heterocycles. The first kappa shape index (κ1) is 71.8. The lowest BCUT2D eigenvalue weighted by molar-refractivity contribution is -0.167. The maximum absolute atomic E-state index is 12.9. The summed E-state index contributed by atoms with van der Waals surface area (Å²) in [6, 6.07) is 0. The maximum Gasteiger partial charge on any atom is 0.306 e. The van der Waals surface area contributed by atoms with Crippen molar-refractivity contribution in [3.63, 3.8) is 0 Å². The predicted molar refractivity (Wildman–Crippen MR) is 325 cm³/mol. The van der Waals surface area contributed by atoms with Crippen molar-refractivity contribution in [2.75, 3.05) is 13.2 Å². The van der Waals surface area contributed by atoms with Crippen LogP contribution in [0.15, 0.2) is 72.9 Å². The lowest BCUT2D eigenvalue weighted by Gasteiger charge is -2.18. The first-order chi connectivity index (χ1) is 37.0. The average molecular weight is 1050 g/mol. The van der Waals surface area contributed by atoms with Gasteiger partial charge in [-0.2, -0.15) is 0 Å². The number of ether oxygens (including phenoxy) is 3. The zero-order chi connectivity index (χ0) is 54.3. The van der Waals surface area contributed by atoms with Gasteiger partial charge in [0, 0.05) is 19.3 Å². The molecule has 75 heavy (non-hydrogen) atoms. The second-order valence-electron chi connectivity index (χ2n) is 21.6. The number of hydrogen-bond acceptors (Lipinski definition) is 6. The van der Waals surface area contributed by atoms with Crippen molar-refractivity contribution in [2.45, 2.75) is 335 Å². The molecular weight excluding hydrogens is 925 g/mol. The van der Waals surface area contributed by atoms with Gasteiger partial charge >= 0.3 is 17.9 Å². The minimum absolute atomic E-state index is 0.0742. The van der Waals surface area contributed by atoms with Gasteiger partial charge in [0.05, 0.1) is 0 Å². The molecule has 0 N–H and O–H groups in total. The molecule has 6 nitrogen and oxygen atoms in total. The highest BCUT2D eigenvalue weighted by Gasteiger charge is 2.19. The van der Waals surface area contributed by atoms with Crippen molar-refractivity contribution in [1.29, 1.82) is 0 Å². The van der Waals surface area contributed by atoms with Crippen LogP contribution in [0.3, 0.4) is 0 Å². The lowest BCUT2D eigenvalue weighted by Crippen LogP contribution is -2.30. The second kappa shape index (κ2) is 63.4. The molecule has 0 aliphatic heterocycles. The SMILES string of the molecule is CC/C=C\C/C=C\C/C=C\C/C=C\CCCCCCCCCCCCCCCCCCCCC(=O)OCC(COC(=O)CCCCCCCCCC)OC(=O)CCCCCCCCC/C=C\C/C=C\CCCCCC. The molecule has 0 spiro atoms. The van der Waals surface area contributed by atoms with E-state index in [1.165, 1.54) is 193 Å². The Bertz CT molecular complexity index is 1390. The monoisotopic (exact) mass is 1050 g/mol. The molecule has 0 aliphatic rings. The van der Waals surface area contributed by atoms with E-state index in [0.717, 1.165) is 96.3 Å². The van der Waals surface area contributed by atoms with E-state index in [2.05, 4.69) is 93.7 Å². The third-order valence-electron chi connectivity index (χ3n) is 14.2. The summed E-state index contributed by atoms with van der Waals surface area (Å²) < 4.78 is 16.9. The zero-order valence-electron chi connectivity index (χ0n) is 49.8. The summed E-state index contributed by atoms with van der Waals surface area (Å²) in [6.07, 6.45) is 82.2. The Kier molecular flexibility index (Phi) is 60.7. The Morgan fingerprint density at radius 1 is 0.280 bits per heavy atom. The van der Waals surface area contributed by atoms with Crippen LogP contribution in [0, 0.1) is 0 Å². The van der Waals surface area contributed by atoms with E-state index in [-0.39, 0.29) is 31.1 Å². The largest absolute Gasteiger partial charge is 0.462 e. The standard InChI is InChI=1S/C69H122O6/c1-4-7-10-13-16-19-21-23-25-27-29-30-31-32-33-34-35-36-37-38-39-40-41-43-44-46-48-50-53-56-59-62-68(71)74-65-66(64-73-67(70)61-58-55-52-18-15-12-9-6-3)75-69(72)63-60-57-54-51-49-47-45-42-28-26-24-22-20-17-14-11-8-5-2/h7,10,16,19-20,22-23,25-26,28-30,66H,4-6,8-9,11-15,17-18,21,24,27,31-65H2,1-3H3/b10-7-,19-16-,22-20-,25-23-,28-26-,30-29-. The fourth-order valence-corrected chi connectivity index (χ4v) is 9.35. The number of unbranched alkanes of at least 4 members (excludes halogenated alkanes) is 36. The molecule has 0 rings (SSSR count). The van der Waals surface area contributed by atoms with Crippen molar-refractivity contribution in [3.8, 4) is 0 Å². The van der Waals surface area contributed by atoms with E-state index >= 15 is 0 Å². The molecule has 1 unspecified atom stereocenters. The zero-order valence-corrected chi connectivity index (χ0v) is 49.8. The van der Waals surface area contributed by atoms with E-state index in [1.807, 2.05) is 0 Å². The quantitative estimate of drug-likeness (QED) is 0.0261. The third-order valence-corrected chi connectivity index (χ3v) is 14.2. The summed E-state index contributed by atoms with van der Waals surface area (Å²) in [5.74, 6) is -0.871. The van der Waals surface area contributed by atoms with Gasteiger partial charge in [-0.15, -0.1) is 0 Å². The summed E-state index contributed by atoms with van der Waals surface area (Å²) >= 11 is 0. The number of allylic oxidation sites excluding steroid dienone is 12. The minimum Gasteiger partial charge on any atom is -0.462 e. The number of rotatable bonds is 59. The molecule has 0 saturated carbocycles. The van der Waals surface area contributed by atoms with Crippen LogP contribution in [-0.4, -0.2) is 37.2 Å². The molecule has 0 bridgehead atoms. The van der Waals surface area contributed by atoms with Gasteiger partial charge in [-0.3, -0.25) is 14.4 Å². The van der Waals surface area contributed by atoms with Gasteiger partial charge in [0.15, 0.2) is 6.10 Å². The summed E-state index contributed by atoms with van der Waals surface area (Å²) in [5, 5.41) is 0. The van der Waals surface area contributed by atoms with Crippen LogP contribution in [0.2, 0.25) is 0 Å². The number of esters is 3. The Morgan fingerprint density at radius 3 is 0.827 bits per heavy atom. The van der Waals surface area contributed by atoms with Crippen LogP contribution in [0.1, 0.15) is 329 Å². The van der Waals surface area contributed by atoms with Gasteiger partial charge in [-0.25, -0.2) is 0 Å². The van der Waals surface area contributed by atoms with Crippen LogP contribution < -0.4 is 0 Å². The topological polar surface area (TPSA) is 78.9 Å². The summed E-state index contributed by atoms with van der Waals surface area (Å²) in [7, 11) is 0. The molecule has 1 atom stereocenters. The third kappa shape index (κ3) is 61.6. The highest BCUT2D eigenvalue weighted by atomic mass is 16.6. The minimum atomic E-state index is -0.775. The van der Waals surface area contributed by atoms with Crippen molar-refractivity contribution < 1.29 is 28.6 Å². The molecule has 6 heteroatoms. The Labute approximate surface area is 465 Å². The normalized spacial score (nSPS) is 12.5. The van der Waals surface area contributed by atoms with Crippen molar-refractivity contribution in [2.24, 2.45) is 0 Å². The lowest BCUT2D eigenvalue weighted by atomic mass is 10.0. The Morgan fingerprint density at radius 2 is 0.520 bits per heavy atom. The first-order valence-corrected chi connectivity index (χ1v) is 32.4. The summed E-state index contributed by atoms with van der Waals surface area (Å²) in [6.45, 7) is 6.51. The van der Waals surface area contributed by atoms with Gasteiger partial charge in [-0.05, 0) is 89.9 Å². The van der Waals surface area contributed by atoms with E-state index in [0.29, 0.717) is 19.3 Å². The van der Waals surface area contributed by atoms with Crippen LogP contribution in [0.4, 0.5) is 0 Å². The van der Waals surface area contributed by atoms with Crippen molar-refractivity contribution in [1.82, 2.24) is 0 Å². The summed E-state index contributed by atoms with van der Waals surface area (Å²) in [4.78, 5) is 38.1. The van der Waals surface area contributed by atoms with Crippen LogP contribution in [0.25, 0.3) is 0 Å². The van der Waals surface area contributed by atoms with E-state index in [1.54, 1.807) is 0 Å². The highest BCUT2D eigenvalue weighted by molar-refractivity contribution is 5.71. The smallest absolute Gasteiger partial charge is 0.306 e. The fourth-order valence-electron chi connectivity index (χ4n) is 9.35. The fraction of sp³-hybridized carbons (Fsp3) is 0.783. The maximum atomic E-state index is 12.9. The van der Waals surface area contributed by atoms with Gasteiger partial charge in [0.25, 0.3) is 0 Å². The van der Waals surface area contributed by atoms with E-state index in [4.69, 9.17) is 14.2 Å². The average Bonchev–Trinajstić information content (AvgIpc) is 3.41. The molecule has 0 radical (unpaired) electrons. The van der Waals surface area contributed by atoms with Gasteiger partial charge in [0.1, 0.15) is 13.2 Å². The van der Waals surface area contributed by atoms with Gasteiger partial charge in [0.2, 0.25) is 0 Å². The van der Waals surface area contributed by atoms with Gasteiger partial charge < -0.3 is 14.2 Å². The van der Waals surface area contributed by atoms with E-state index < -0.39 is 6.10 Å². The molecule has 0 aromatic rings. The van der Waals surface area contributed by atoms with Crippen molar-refractivity contribution >= 4 is 17.9 Å². The molecule has 0 aromatic heterocycles. The first-order valence-electron chi connectivity index (χ1n) is 32.4. The van der Waals surface area contributed by atoms with Crippen molar-refractivity contribution in [3.05, 3.63) is 72.9 Å². The predicted octanol–water partition coefficient (Wildman–Crippen LogP) is 22.1. The number of carbonyl (C=O) groups excluding carboxylic acids is 3. The Balaban J connectivity index is 4.07. The molecule has 0 aromatic carbocycles. The van der Waals surface area contributed by atoms with E-state index in [9.17, 15) is 14.4 Å². The molecule has 0 heterocycles.